The van der Waals surface area contributed by atoms with Crippen molar-refractivity contribution >= 4 is 10.0 Å². The van der Waals surface area contributed by atoms with Crippen LogP contribution in [0.4, 0.5) is 8.78 Å². The first kappa shape index (κ1) is 17.9. The number of methoxy groups -OCH3 is 2. The van der Waals surface area contributed by atoms with Crippen LogP contribution in [-0.2, 0) is 26.1 Å². The summed E-state index contributed by atoms with van der Waals surface area (Å²) in [6.07, 6.45) is -0.571. The lowest BCUT2D eigenvalue weighted by molar-refractivity contribution is 0.0320. The summed E-state index contributed by atoms with van der Waals surface area (Å²) in [5.74, 6) is -2.84. The van der Waals surface area contributed by atoms with Gasteiger partial charge in [0.2, 0.25) is 10.0 Å². The summed E-state index contributed by atoms with van der Waals surface area (Å²) in [4.78, 5) is -0.862. The Morgan fingerprint density at radius 2 is 2.00 bits per heavy atom. The molecule has 0 fully saturated rings. The molecule has 1 aromatic carbocycles. The van der Waals surface area contributed by atoms with Gasteiger partial charge < -0.3 is 14.6 Å². The second-order valence-corrected chi connectivity index (χ2v) is 5.95. The molecule has 1 atom stereocenters. The third kappa shape index (κ3) is 4.68. The second-order valence-electron chi connectivity index (χ2n) is 4.21. The van der Waals surface area contributed by atoms with E-state index in [1.165, 1.54) is 14.2 Å². The van der Waals surface area contributed by atoms with Crippen molar-refractivity contribution in [1.29, 1.82) is 0 Å². The highest BCUT2D eigenvalue weighted by molar-refractivity contribution is 7.89. The van der Waals surface area contributed by atoms with E-state index < -0.39 is 39.3 Å². The number of ether oxygens (including phenoxy) is 2. The standard InChI is InChI=1S/C12H17F2NO5S/c1-19-7-9(20-2)5-15-21(17,18)11-4-8(6-16)3-10(13)12(11)14/h3-4,9,15-16H,5-7H2,1-2H3. The molecule has 0 saturated carbocycles. The van der Waals surface area contributed by atoms with Crippen molar-refractivity contribution in [2.24, 2.45) is 0 Å². The zero-order chi connectivity index (χ0) is 16.0. The second kappa shape index (κ2) is 7.76. The summed E-state index contributed by atoms with van der Waals surface area (Å²) >= 11 is 0. The van der Waals surface area contributed by atoms with Crippen molar-refractivity contribution in [3.05, 3.63) is 29.3 Å². The molecule has 0 aromatic heterocycles. The number of hydrogen-bond acceptors (Lipinski definition) is 5. The molecule has 1 aromatic rings. The van der Waals surface area contributed by atoms with Crippen LogP contribution in [0.2, 0.25) is 0 Å². The Labute approximate surface area is 121 Å². The molecule has 0 spiro atoms. The van der Waals surface area contributed by atoms with Crippen molar-refractivity contribution < 1.29 is 31.8 Å². The number of halogens is 2. The predicted octanol–water partition coefficient (Wildman–Crippen LogP) is 0.397. The Morgan fingerprint density at radius 1 is 1.33 bits per heavy atom. The summed E-state index contributed by atoms with van der Waals surface area (Å²) in [5.41, 5.74) is -0.0468. The Morgan fingerprint density at radius 3 is 2.52 bits per heavy atom. The van der Waals surface area contributed by atoms with Gasteiger partial charge in [0.05, 0.1) is 19.3 Å². The molecule has 9 heteroatoms. The maximum atomic E-state index is 13.6. The van der Waals surface area contributed by atoms with Crippen LogP contribution in [0.15, 0.2) is 17.0 Å². The van der Waals surface area contributed by atoms with Crippen LogP contribution in [0, 0.1) is 11.6 Å². The van der Waals surface area contributed by atoms with Gasteiger partial charge in [-0.3, -0.25) is 0 Å². The monoisotopic (exact) mass is 325 g/mol. The third-order valence-electron chi connectivity index (χ3n) is 2.71. The number of aliphatic hydroxyl groups excluding tert-OH is 1. The summed E-state index contributed by atoms with van der Waals surface area (Å²) in [5, 5.41) is 8.93. The van der Waals surface area contributed by atoms with Gasteiger partial charge in [0.15, 0.2) is 11.6 Å². The number of aliphatic hydroxyl groups is 1. The average Bonchev–Trinajstić information content (AvgIpc) is 2.45. The van der Waals surface area contributed by atoms with Crippen LogP contribution < -0.4 is 4.72 Å². The van der Waals surface area contributed by atoms with Crippen molar-refractivity contribution in [3.63, 3.8) is 0 Å². The van der Waals surface area contributed by atoms with Crippen molar-refractivity contribution in [1.82, 2.24) is 4.72 Å². The van der Waals surface area contributed by atoms with E-state index in [0.29, 0.717) is 0 Å². The third-order valence-corrected chi connectivity index (χ3v) is 4.14. The lowest BCUT2D eigenvalue weighted by atomic mass is 10.2. The van der Waals surface area contributed by atoms with E-state index in [1.54, 1.807) is 0 Å². The number of hydrogen-bond donors (Lipinski definition) is 2. The highest BCUT2D eigenvalue weighted by Crippen LogP contribution is 2.20. The van der Waals surface area contributed by atoms with Crippen LogP contribution >= 0.6 is 0 Å². The summed E-state index contributed by atoms with van der Waals surface area (Å²) in [6, 6.07) is 1.61. The number of rotatable bonds is 8. The van der Waals surface area contributed by atoms with Gasteiger partial charge in [-0.15, -0.1) is 0 Å². The quantitative estimate of drug-likeness (QED) is 0.722. The van der Waals surface area contributed by atoms with E-state index in [0.717, 1.165) is 12.1 Å². The molecule has 21 heavy (non-hydrogen) atoms. The molecule has 0 saturated heterocycles. The van der Waals surface area contributed by atoms with Crippen LogP contribution in [0.25, 0.3) is 0 Å². The van der Waals surface area contributed by atoms with E-state index in [-0.39, 0.29) is 18.7 Å². The molecule has 2 N–H and O–H groups in total. The van der Waals surface area contributed by atoms with Crippen LogP contribution in [0.5, 0.6) is 0 Å². The zero-order valence-corrected chi connectivity index (χ0v) is 12.4. The Balaban J connectivity index is 3.00. The topological polar surface area (TPSA) is 84.9 Å². The lowest BCUT2D eigenvalue weighted by Crippen LogP contribution is -2.36. The zero-order valence-electron chi connectivity index (χ0n) is 11.6. The van der Waals surface area contributed by atoms with Gasteiger partial charge in [-0.1, -0.05) is 0 Å². The van der Waals surface area contributed by atoms with Crippen LogP contribution in [0.1, 0.15) is 5.56 Å². The molecule has 0 aliphatic carbocycles. The molecular weight excluding hydrogens is 308 g/mol. The minimum Gasteiger partial charge on any atom is -0.392 e. The first-order valence-corrected chi connectivity index (χ1v) is 7.44. The summed E-state index contributed by atoms with van der Waals surface area (Å²) in [7, 11) is -1.50. The molecule has 0 radical (unpaired) electrons. The van der Waals surface area contributed by atoms with Gasteiger partial charge in [0, 0.05) is 20.8 Å². The first-order chi connectivity index (χ1) is 9.85. The SMILES string of the molecule is COCC(CNS(=O)(=O)c1cc(CO)cc(F)c1F)OC. The van der Waals surface area contributed by atoms with Gasteiger partial charge >= 0.3 is 0 Å². The normalized spacial score (nSPS) is 13.4. The van der Waals surface area contributed by atoms with Gasteiger partial charge in [-0.25, -0.2) is 21.9 Å². The molecule has 0 heterocycles. The molecule has 1 rings (SSSR count). The van der Waals surface area contributed by atoms with E-state index in [2.05, 4.69) is 4.72 Å². The maximum absolute atomic E-state index is 13.6. The van der Waals surface area contributed by atoms with Crippen molar-refractivity contribution in [2.45, 2.75) is 17.6 Å². The van der Waals surface area contributed by atoms with Crippen molar-refractivity contribution in [3.8, 4) is 0 Å². The largest absolute Gasteiger partial charge is 0.392 e. The number of sulfonamides is 1. The Hall–Kier alpha value is -1.13. The van der Waals surface area contributed by atoms with E-state index >= 15 is 0 Å². The van der Waals surface area contributed by atoms with Gasteiger partial charge in [0.1, 0.15) is 4.90 Å². The minimum atomic E-state index is -4.28. The fourth-order valence-electron chi connectivity index (χ4n) is 1.58. The molecule has 0 amide bonds. The van der Waals surface area contributed by atoms with E-state index in [4.69, 9.17) is 14.6 Å². The van der Waals surface area contributed by atoms with Crippen LogP contribution in [0.3, 0.4) is 0 Å². The molecular formula is C12H17F2NO5S. The fraction of sp³-hybridized carbons (Fsp3) is 0.500. The highest BCUT2D eigenvalue weighted by Gasteiger charge is 2.24. The average molecular weight is 325 g/mol. The Kier molecular flexibility index (Phi) is 6.62. The number of nitrogens with one attached hydrogen (secondary N) is 1. The fourth-order valence-corrected chi connectivity index (χ4v) is 2.78. The summed E-state index contributed by atoms with van der Waals surface area (Å²) < 4.78 is 62.8. The predicted molar refractivity (Wildman–Crippen MR) is 70.1 cm³/mol. The molecule has 0 bridgehead atoms. The van der Waals surface area contributed by atoms with Crippen LogP contribution in [-0.4, -0.2) is 47.0 Å². The molecule has 6 nitrogen and oxygen atoms in total. The van der Waals surface area contributed by atoms with Gasteiger partial charge in [-0.2, -0.15) is 0 Å². The first-order valence-electron chi connectivity index (χ1n) is 5.95. The van der Waals surface area contributed by atoms with Crippen molar-refractivity contribution in [2.75, 3.05) is 27.4 Å². The Bertz CT molecular complexity index is 579. The van der Waals surface area contributed by atoms with E-state index in [1.807, 2.05) is 0 Å². The molecule has 0 aliphatic rings. The van der Waals surface area contributed by atoms with E-state index in [9.17, 15) is 17.2 Å². The molecule has 0 aliphatic heterocycles. The smallest absolute Gasteiger partial charge is 0.243 e. The maximum Gasteiger partial charge on any atom is 0.243 e. The molecule has 1 unspecified atom stereocenters. The van der Waals surface area contributed by atoms with Gasteiger partial charge in [0.25, 0.3) is 0 Å². The molecule has 120 valence electrons. The van der Waals surface area contributed by atoms with Gasteiger partial charge in [-0.05, 0) is 17.7 Å². The number of benzene rings is 1. The summed E-state index contributed by atoms with van der Waals surface area (Å²) in [6.45, 7) is -0.645. The highest BCUT2D eigenvalue weighted by atomic mass is 32.2. The lowest BCUT2D eigenvalue weighted by Gasteiger charge is -2.15. The minimum absolute atomic E-state index is 0.0468.